The molecule has 1 aromatic rings. The summed E-state index contributed by atoms with van der Waals surface area (Å²) in [6.07, 6.45) is 1.58. The Labute approximate surface area is 120 Å². The van der Waals surface area contributed by atoms with E-state index in [2.05, 4.69) is 26.0 Å². The molecule has 0 aromatic carbocycles. The molecule has 1 heterocycles. The Bertz CT molecular complexity index is 415. The van der Waals surface area contributed by atoms with Crippen molar-refractivity contribution >= 4 is 17.2 Å². The van der Waals surface area contributed by atoms with Crippen molar-refractivity contribution in [3.8, 4) is 0 Å². The van der Waals surface area contributed by atoms with Crippen LogP contribution >= 0.6 is 11.3 Å². The molecule has 0 fully saturated rings. The fraction of sp³-hybridized carbons (Fsp3) is 0.667. The quantitative estimate of drug-likeness (QED) is 0.870. The van der Waals surface area contributed by atoms with Crippen molar-refractivity contribution in [1.29, 1.82) is 0 Å². The lowest BCUT2D eigenvalue weighted by atomic mass is 9.80. The molecule has 19 heavy (non-hydrogen) atoms. The first-order chi connectivity index (χ1) is 8.91. The summed E-state index contributed by atoms with van der Waals surface area (Å²) in [6.45, 7) is 8.67. The molecule has 0 spiro atoms. The molecule has 0 radical (unpaired) electrons. The van der Waals surface area contributed by atoms with Gasteiger partial charge >= 0.3 is 0 Å². The van der Waals surface area contributed by atoms with Gasteiger partial charge < -0.3 is 10.6 Å². The fourth-order valence-corrected chi connectivity index (χ4v) is 3.32. The molecule has 0 bridgehead atoms. The number of hydrogen-bond donors (Lipinski definition) is 1. The average Bonchev–Trinajstić information content (AvgIpc) is 2.86. The van der Waals surface area contributed by atoms with Crippen LogP contribution in [-0.4, -0.2) is 24.4 Å². The van der Waals surface area contributed by atoms with Gasteiger partial charge in [-0.15, -0.1) is 11.3 Å². The third-order valence-electron chi connectivity index (χ3n) is 4.27. The lowest BCUT2D eigenvalue weighted by molar-refractivity contribution is -0.142. The Hall–Kier alpha value is -0.870. The van der Waals surface area contributed by atoms with Gasteiger partial charge in [0.25, 0.3) is 0 Å². The number of amides is 1. The monoisotopic (exact) mass is 282 g/mol. The van der Waals surface area contributed by atoms with Gasteiger partial charge in [-0.25, -0.2) is 0 Å². The first-order valence-corrected chi connectivity index (χ1v) is 7.77. The maximum absolute atomic E-state index is 12.7. The summed E-state index contributed by atoms with van der Waals surface area (Å²) >= 11 is 1.75. The smallest absolute Gasteiger partial charge is 0.230 e. The molecule has 0 aliphatic rings. The normalized spacial score (nSPS) is 13.4. The Morgan fingerprint density at radius 3 is 2.37 bits per heavy atom. The van der Waals surface area contributed by atoms with E-state index in [1.54, 1.807) is 11.3 Å². The maximum atomic E-state index is 12.7. The highest BCUT2D eigenvalue weighted by atomic mass is 32.1. The molecule has 1 aromatic heterocycles. The molecule has 1 amide bonds. The van der Waals surface area contributed by atoms with Gasteiger partial charge in [-0.3, -0.25) is 4.79 Å². The predicted molar refractivity (Wildman–Crippen MR) is 82.3 cm³/mol. The largest absolute Gasteiger partial charge is 0.338 e. The van der Waals surface area contributed by atoms with E-state index in [4.69, 9.17) is 5.73 Å². The van der Waals surface area contributed by atoms with E-state index in [-0.39, 0.29) is 11.9 Å². The summed E-state index contributed by atoms with van der Waals surface area (Å²) in [7, 11) is 1.89. The van der Waals surface area contributed by atoms with Crippen LogP contribution in [0, 0.1) is 12.3 Å². The van der Waals surface area contributed by atoms with E-state index in [1.807, 2.05) is 25.8 Å². The molecular weight excluding hydrogens is 256 g/mol. The van der Waals surface area contributed by atoms with Gasteiger partial charge in [-0.1, -0.05) is 13.8 Å². The number of aryl methyl sites for hydroxylation is 1. The highest BCUT2D eigenvalue weighted by molar-refractivity contribution is 7.12. The van der Waals surface area contributed by atoms with E-state index < -0.39 is 5.41 Å². The van der Waals surface area contributed by atoms with Crippen molar-refractivity contribution in [2.24, 2.45) is 11.1 Å². The molecule has 1 unspecified atom stereocenters. The van der Waals surface area contributed by atoms with Crippen LogP contribution in [0.25, 0.3) is 0 Å². The SMILES string of the molecule is CCC(CC)(CN)C(=O)N(C)C(C)c1ccc(C)s1. The van der Waals surface area contributed by atoms with Gasteiger partial charge in [0.05, 0.1) is 11.5 Å². The van der Waals surface area contributed by atoms with Crippen molar-refractivity contribution in [2.75, 3.05) is 13.6 Å². The van der Waals surface area contributed by atoms with Gasteiger partial charge in [0.1, 0.15) is 0 Å². The zero-order chi connectivity index (χ0) is 14.6. The molecule has 4 heteroatoms. The van der Waals surface area contributed by atoms with Crippen LogP contribution in [0.4, 0.5) is 0 Å². The zero-order valence-electron chi connectivity index (χ0n) is 12.7. The average molecular weight is 282 g/mol. The minimum atomic E-state index is -0.407. The van der Waals surface area contributed by atoms with Gasteiger partial charge in [-0.05, 0) is 38.8 Å². The summed E-state index contributed by atoms with van der Waals surface area (Å²) in [4.78, 5) is 17.1. The van der Waals surface area contributed by atoms with Gasteiger partial charge in [0.2, 0.25) is 5.91 Å². The summed E-state index contributed by atoms with van der Waals surface area (Å²) < 4.78 is 0. The lowest BCUT2D eigenvalue weighted by Gasteiger charge is -2.36. The van der Waals surface area contributed by atoms with E-state index in [0.29, 0.717) is 6.54 Å². The van der Waals surface area contributed by atoms with Gasteiger partial charge in [-0.2, -0.15) is 0 Å². The summed E-state index contributed by atoms with van der Waals surface area (Å²) in [5.41, 5.74) is 5.46. The summed E-state index contributed by atoms with van der Waals surface area (Å²) in [6, 6.07) is 4.32. The first kappa shape index (κ1) is 16.2. The molecule has 1 rings (SSSR count). The second-order valence-electron chi connectivity index (χ2n) is 5.23. The van der Waals surface area contributed by atoms with E-state index in [9.17, 15) is 4.79 Å². The summed E-state index contributed by atoms with van der Waals surface area (Å²) in [5, 5.41) is 0. The van der Waals surface area contributed by atoms with Crippen molar-refractivity contribution in [3.05, 3.63) is 21.9 Å². The van der Waals surface area contributed by atoms with Crippen LogP contribution in [0.2, 0.25) is 0 Å². The standard InChI is InChI=1S/C15H26N2OS/c1-6-15(7-2,10-16)14(18)17(5)12(4)13-9-8-11(3)19-13/h8-9,12H,6-7,10,16H2,1-5H3. The van der Waals surface area contributed by atoms with E-state index in [0.717, 1.165) is 12.8 Å². The van der Waals surface area contributed by atoms with Gasteiger partial charge in [0, 0.05) is 23.3 Å². The second-order valence-corrected chi connectivity index (χ2v) is 6.55. The van der Waals surface area contributed by atoms with Crippen molar-refractivity contribution in [1.82, 2.24) is 4.90 Å². The van der Waals surface area contributed by atoms with Crippen LogP contribution in [0.3, 0.4) is 0 Å². The third-order valence-corrected chi connectivity index (χ3v) is 5.44. The minimum Gasteiger partial charge on any atom is -0.338 e. The number of carbonyl (C=O) groups excluding carboxylic acids is 1. The van der Waals surface area contributed by atoms with Crippen molar-refractivity contribution < 1.29 is 4.79 Å². The molecule has 0 saturated carbocycles. The van der Waals surface area contributed by atoms with Gasteiger partial charge in [0.15, 0.2) is 0 Å². The molecule has 0 aliphatic carbocycles. The Balaban J connectivity index is 2.92. The molecule has 2 N–H and O–H groups in total. The molecule has 0 saturated heterocycles. The topological polar surface area (TPSA) is 46.3 Å². The highest BCUT2D eigenvalue weighted by Gasteiger charge is 2.37. The van der Waals surface area contributed by atoms with Crippen molar-refractivity contribution in [3.63, 3.8) is 0 Å². The molecule has 1 atom stereocenters. The summed E-state index contributed by atoms with van der Waals surface area (Å²) in [5.74, 6) is 0.165. The number of hydrogen-bond acceptors (Lipinski definition) is 3. The van der Waals surface area contributed by atoms with Crippen molar-refractivity contribution in [2.45, 2.75) is 46.6 Å². The van der Waals surface area contributed by atoms with Crippen LogP contribution < -0.4 is 5.73 Å². The first-order valence-electron chi connectivity index (χ1n) is 6.95. The van der Waals surface area contributed by atoms with Crippen LogP contribution in [-0.2, 0) is 4.79 Å². The molecule has 3 nitrogen and oxygen atoms in total. The third kappa shape index (κ3) is 3.18. The lowest BCUT2D eigenvalue weighted by Crippen LogP contribution is -2.46. The number of rotatable bonds is 6. The maximum Gasteiger partial charge on any atom is 0.230 e. The van der Waals surface area contributed by atoms with E-state index in [1.165, 1.54) is 9.75 Å². The second kappa shape index (κ2) is 6.53. The fourth-order valence-electron chi connectivity index (χ4n) is 2.35. The van der Waals surface area contributed by atoms with E-state index >= 15 is 0 Å². The number of nitrogens with zero attached hydrogens (tertiary/aromatic N) is 1. The Morgan fingerprint density at radius 2 is 2.00 bits per heavy atom. The predicted octanol–water partition coefficient (Wildman–Crippen LogP) is 3.34. The van der Waals surface area contributed by atoms with Crippen LogP contribution in [0.5, 0.6) is 0 Å². The molecule has 108 valence electrons. The number of carbonyl (C=O) groups is 1. The van der Waals surface area contributed by atoms with Crippen LogP contribution in [0.1, 0.15) is 49.4 Å². The van der Waals surface area contributed by atoms with Crippen LogP contribution in [0.15, 0.2) is 12.1 Å². The Kier molecular flexibility index (Phi) is 5.56. The molecule has 0 aliphatic heterocycles. The number of thiophene rings is 1. The number of nitrogens with two attached hydrogens (primary N) is 1. The molecular formula is C15H26N2OS. The highest BCUT2D eigenvalue weighted by Crippen LogP contribution is 2.33. The minimum absolute atomic E-state index is 0.107. The Morgan fingerprint density at radius 1 is 1.42 bits per heavy atom. The zero-order valence-corrected chi connectivity index (χ0v) is 13.5.